The molecule has 2 amide bonds. The van der Waals surface area contributed by atoms with Crippen LogP contribution in [0.25, 0.3) is 0 Å². The second-order valence-corrected chi connectivity index (χ2v) is 10.3. The number of anilines is 1. The molecule has 0 aromatic heterocycles. The molecule has 1 atom stereocenters. The van der Waals surface area contributed by atoms with Crippen LogP contribution in [0.15, 0.2) is 47.4 Å². The predicted molar refractivity (Wildman–Crippen MR) is 127 cm³/mol. The molecule has 0 aliphatic carbocycles. The van der Waals surface area contributed by atoms with Crippen molar-refractivity contribution in [1.29, 1.82) is 0 Å². The van der Waals surface area contributed by atoms with Gasteiger partial charge in [-0.05, 0) is 68.1 Å². The van der Waals surface area contributed by atoms with Crippen molar-refractivity contribution < 1.29 is 27.5 Å². The van der Waals surface area contributed by atoms with E-state index in [0.29, 0.717) is 43.9 Å². The first-order chi connectivity index (χ1) is 16.3. The molecule has 0 spiro atoms. The Kier molecular flexibility index (Phi) is 7.08. The molecular formula is C24H29N3O6S. The highest BCUT2D eigenvalue weighted by atomic mass is 32.2. The third kappa shape index (κ3) is 4.74. The van der Waals surface area contributed by atoms with Crippen LogP contribution in [-0.2, 0) is 14.8 Å². The van der Waals surface area contributed by atoms with E-state index in [9.17, 15) is 18.0 Å². The molecule has 2 heterocycles. The molecule has 1 N–H and O–H groups in total. The fourth-order valence-corrected chi connectivity index (χ4v) is 6.13. The van der Waals surface area contributed by atoms with Crippen LogP contribution < -0.4 is 14.8 Å². The fraction of sp³-hybridized carbons (Fsp3) is 0.417. The lowest BCUT2D eigenvalue weighted by Crippen LogP contribution is -2.43. The third-order valence-corrected chi connectivity index (χ3v) is 8.19. The van der Waals surface area contributed by atoms with E-state index in [1.165, 1.54) is 28.4 Å². The third-order valence-electron chi connectivity index (χ3n) is 6.27. The Morgan fingerprint density at radius 2 is 1.65 bits per heavy atom. The number of ether oxygens (including phenoxy) is 2. The molecule has 4 rings (SSSR count). The lowest BCUT2D eigenvalue weighted by atomic mass is 10.1. The van der Waals surface area contributed by atoms with Gasteiger partial charge in [0.2, 0.25) is 15.9 Å². The number of hydrogen-bond donors (Lipinski definition) is 1. The molecule has 0 saturated carbocycles. The lowest BCUT2D eigenvalue weighted by molar-refractivity contribution is -0.119. The molecule has 2 aliphatic heterocycles. The average molecular weight is 488 g/mol. The maximum absolute atomic E-state index is 13.4. The minimum atomic E-state index is -3.79. The Morgan fingerprint density at radius 1 is 0.941 bits per heavy atom. The largest absolute Gasteiger partial charge is 0.497 e. The van der Waals surface area contributed by atoms with E-state index in [1.807, 2.05) is 0 Å². The number of methoxy groups -OCH3 is 2. The van der Waals surface area contributed by atoms with Crippen molar-refractivity contribution in [3.05, 3.63) is 48.0 Å². The molecular weight excluding hydrogens is 458 g/mol. The van der Waals surface area contributed by atoms with Crippen molar-refractivity contribution in [1.82, 2.24) is 9.21 Å². The first-order valence-electron chi connectivity index (χ1n) is 11.3. The summed E-state index contributed by atoms with van der Waals surface area (Å²) >= 11 is 0. The van der Waals surface area contributed by atoms with Crippen LogP contribution in [0.2, 0.25) is 0 Å². The Labute approximate surface area is 199 Å². The number of likely N-dealkylation sites (tertiary alicyclic amines) is 1. The van der Waals surface area contributed by atoms with E-state index in [-0.39, 0.29) is 28.0 Å². The molecule has 2 saturated heterocycles. The van der Waals surface area contributed by atoms with E-state index in [1.54, 1.807) is 37.4 Å². The summed E-state index contributed by atoms with van der Waals surface area (Å²) in [6.45, 7) is 1.31. The minimum absolute atomic E-state index is 0.0267. The van der Waals surface area contributed by atoms with Crippen molar-refractivity contribution in [2.45, 2.75) is 36.6 Å². The SMILES string of the molecule is COc1ccc(NC(=O)C2CCCN2C(=O)c2ccc(OC)c(S(=O)(=O)N3CCCC3)c2)cc1. The predicted octanol–water partition coefficient (Wildman–Crippen LogP) is 2.73. The van der Waals surface area contributed by atoms with Gasteiger partial charge in [0.05, 0.1) is 14.2 Å². The number of sulfonamides is 1. The Morgan fingerprint density at radius 3 is 2.29 bits per heavy atom. The number of nitrogens with zero attached hydrogens (tertiary/aromatic N) is 2. The average Bonchev–Trinajstić information content (AvgIpc) is 3.56. The van der Waals surface area contributed by atoms with Gasteiger partial charge in [0.15, 0.2) is 0 Å². The van der Waals surface area contributed by atoms with Crippen LogP contribution in [0.1, 0.15) is 36.0 Å². The van der Waals surface area contributed by atoms with E-state index in [0.717, 1.165) is 12.8 Å². The summed E-state index contributed by atoms with van der Waals surface area (Å²) in [7, 11) is -0.821. The van der Waals surface area contributed by atoms with Gasteiger partial charge in [0.1, 0.15) is 22.4 Å². The van der Waals surface area contributed by atoms with Crippen LogP contribution in [0, 0.1) is 0 Å². The number of benzene rings is 2. The van der Waals surface area contributed by atoms with Gasteiger partial charge in [-0.3, -0.25) is 9.59 Å². The molecule has 9 nitrogen and oxygen atoms in total. The smallest absolute Gasteiger partial charge is 0.254 e. The van der Waals surface area contributed by atoms with Gasteiger partial charge in [-0.2, -0.15) is 4.31 Å². The second-order valence-electron chi connectivity index (χ2n) is 8.35. The Balaban J connectivity index is 1.55. The molecule has 34 heavy (non-hydrogen) atoms. The Hall–Kier alpha value is -3.11. The van der Waals surface area contributed by atoms with Crippen molar-refractivity contribution in [3.8, 4) is 11.5 Å². The highest BCUT2D eigenvalue weighted by Gasteiger charge is 2.36. The maximum Gasteiger partial charge on any atom is 0.254 e. The summed E-state index contributed by atoms with van der Waals surface area (Å²) in [5.41, 5.74) is 0.816. The molecule has 2 aromatic rings. The van der Waals surface area contributed by atoms with Gasteiger partial charge in [-0.15, -0.1) is 0 Å². The fourth-order valence-electron chi connectivity index (χ4n) is 4.43. The summed E-state index contributed by atoms with van der Waals surface area (Å²) in [5.74, 6) is 0.205. The highest BCUT2D eigenvalue weighted by molar-refractivity contribution is 7.89. The summed E-state index contributed by atoms with van der Waals surface area (Å²) in [6.07, 6.45) is 2.82. The van der Waals surface area contributed by atoms with Crippen molar-refractivity contribution in [2.75, 3.05) is 39.2 Å². The number of carbonyl (C=O) groups excluding carboxylic acids is 2. The molecule has 10 heteroatoms. The van der Waals surface area contributed by atoms with Crippen LogP contribution in [0.5, 0.6) is 11.5 Å². The molecule has 2 aliphatic rings. The van der Waals surface area contributed by atoms with E-state index in [4.69, 9.17) is 9.47 Å². The molecule has 1 unspecified atom stereocenters. The first-order valence-corrected chi connectivity index (χ1v) is 12.7. The van der Waals surface area contributed by atoms with Gasteiger partial charge in [-0.1, -0.05) is 0 Å². The molecule has 182 valence electrons. The molecule has 2 aromatic carbocycles. The highest BCUT2D eigenvalue weighted by Crippen LogP contribution is 2.31. The minimum Gasteiger partial charge on any atom is -0.497 e. The van der Waals surface area contributed by atoms with Crippen LogP contribution in [0.3, 0.4) is 0 Å². The molecule has 0 radical (unpaired) electrons. The quantitative estimate of drug-likeness (QED) is 0.644. The number of amides is 2. The van der Waals surface area contributed by atoms with Crippen molar-refractivity contribution in [2.24, 2.45) is 0 Å². The van der Waals surface area contributed by atoms with Gasteiger partial charge >= 0.3 is 0 Å². The first kappa shape index (κ1) is 24.0. The van der Waals surface area contributed by atoms with Crippen molar-refractivity contribution in [3.63, 3.8) is 0 Å². The summed E-state index contributed by atoms with van der Waals surface area (Å²) < 4.78 is 38.2. The number of carbonyl (C=O) groups is 2. The van der Waals surface area contributed by atoms with E-state index < -0.39 is 16.1 Å². The summed E-state index contributed by atoms with van der Waals surface area (Å²) in [5, 5.41) is 2.85. The van der Waals surface area contributed by atoms with Crippen molar-refractivity contribution >= 4 is 27.5 Å². The zero-order chi connectivity index (χ0) is 24.3. The van der Waals surface area contributed by atoms with Gasteiger partial charge in [0, 0.05) is 30.9 Å². The van der Waals surface area contributed by atoms with Gasteiger partial charge < -0.3 is 19.7 Å². The normalized spacial score (nSPS) is 18.6. The van der Waals surface area contributed by atoms with Crippen LogP contribution in [0.4, 0.5) is 5.69 Å². The van der Waals surface area contributed by atoms with E-state index in [2.05, 4.69) is 5.32 Å². The standard InChI is InChI=1S/C24H29N3O6S/c1-32-19-10-8-18(9-11-19)25-23(28)20-6-5-15-27(20)24(29)17-7-12-21(33-2)22(16-17)34(30,31)26-13-3-4-14-26/h7-12,16,20H,3-6,13-15H2,1-2H3,(H,25,28). The van der Waals surface area contributed by atoms with Gasteiger partial charge in [0.25, 0.3) is 5.91 Å². The van der Waals surface area contributed by atoms with Gasteiger partial charge in [-0.25, -0.2) is 8.42 Å². The van der Waals surface area contributed by atoms with Crippen LogP contribution >= 0.6 is 0 Å². The number of nitrogens with one attached hydrogen (secondary N) is 1. The molecule has 2 fully saturated rings. The summed E-state index contributed by atoms with van der Waals surface area (Å²) in [6, 6.07) is 10.7. The zero-order valence-corrected chi connectivity index (χ0v) is 20.1. The monoisotopic (exact) mass is 487 g/mol. The van der Waals surface area contributed by atoms with Crippen LogP contribution in [-0.4, -0.2) is 69.3 Å². The number of rotatable bonds is 7. The number of hydrogen-bond acceptors (Lipinski definition) is 6. The zero-order valence-electron chi connectivity index (χ0n) is 19.3. The maximum atomic E-state index is 13.4. The molecule has 0 bridgehead atoms. The Bertz CT molecular complexity index is 1160. The van der Waals surface area contributed by atoms with E-state index >= 15 is 0 Å². The summed E-state index contributed by atoms with van der Waals surface area (Å²) in [4.78, 5) is 27.8. The lowest BCUT2D eigenvalue weighted by Gasteiger charge is -2.25. The second kappa shape index (κ2) is 10.0. The topological polar surface area (TPSA) is 105 Å².